The van der Waals surface area contributed by atoms with Crippen molar-refractivity contribution in [2.24, 2.45) is 5.14 Å². The van der Waals surface area contributed by atoms with Crippen molar-refractivity contribution >= 4 is 39.1 Å². The van der Waals surface area contributed by atoms with E-state index in [1.54, 1.807) is 0 Å². The number of sulfonamides is 1. The first-order valence-corrected chi connectivity index (χ1v) is 8.51. The molecule has 0 aromatic heterocycles. The Morgan fingerprint density at radius 2 is 2.14 bits per heavy atom. The van der Waals surface area contributed by atoms with Crippen LogP contribution in [-0.4, -0.2) is 33.6 Å². The van der Waals surface area contributed by atoms with E-state index in [9.17, 15) is 13.2 Å². The number of hydrogen-bond acceptors (Lipinski definition) is 4. The number of hydrogen-bond donors (Lipinski definition) is 2. The topological polar surface area (TPSA) is 98.5 Å². The highest BCUT2D eigenvalue weighted by Gasteiger charge is 2.22. The smallest absolute Gasteiger partial charge is 0.252 e. The zero-order valence-electron chi connectivity index (χ0n) is 10.9. The van der Waals surface area contributed by atoms with E-state index in [0.29, 0.717) is 13.2 Å². The van der Waals surface area contributed by atoms with Crippen LogP contribution in [0, 0.1) is 0 Å². The van der Waals surface area contributed by atoms with E-state index >= 15 is 0 Å². The molecule has 1 heterocycles. The van der Waals surface area contributed by atoms with Gasteiger partial charge in [-0.2, -0.15) is 0 Å². The molecule has 1 saturated heterocycles. The highest BCUT2D eigenvalue weighted by Crippen LogP contribution is 2.28. The van der Waals surface area contributed by atoms with Crippen LogP contribution < -0.4 is 10.5 Å². The quantitative estimate of drug-likeness (QED) is 0.858. The Balaban J connectivity index is 2.22. The lowest BCUT2D eigenvalue weighted by atomic mass is 10.2. The number of halogens is 2. The summed E-state index contributed by atoms with van der Waals surface area (Å²) in [6.45, 7) is 1.00. The second kappa shape index (κ2) is 6.50. The fourth-order valence-electron chi connectivity index (χ4n) is 2.04. The fourth-order valence-corrected chi connectivity index (χ4v) is 3.50. The maximum absolute atomic E-state index is 12.1. The maximum Gasteiger partial charge on any atom is 0.252 e. The molecule has 6 nitrogen and oxygen atoms in total. The summed E-state index contributed by atoms with van der Waals surface area (Å²) in [6, 6.07) is 2.40. The van der Waals surface area contributed by atoms with Crippen molar-refractivity contribution in [1.82, 2.24) is 5.32 Å². The average molecular weight is 353 g/mol. The minimum absolute atomic E-state index is 0.0359. The lowest BCUT2D eigenvalue weighted by Gasteiger charge is -2.13. The average Bonchev–Trinajstić information content (AvgIpc) is 2.90. The molecule has 0 aliphatic carbocycles. The molecule has 21 heavy (non-hydrogen) atoms. The van der Waals surface area contributed by atoms with Crippen LogP contribution in [0.1, 0.15) is 23.2 Å². The van der Waals surface area contributed by atoms with E-state index in [-0.39, 0.29) is 26.6 Å². The summed E-state index contributed by atoms with van der Waals surface area (Å²) in [7, 11) is -4.06. The predicted molar refractivity (Wildman–Crippen MR) is 79.1 cm³/mol. The van der Waals surface area contributed by atoms with Crippen LogP contribution in [0.2, 0.25) is 10.0 Å². The number of nitrogens with two attached hydrogens (primary N) is 1. The van der Waals surface area contributed by atoms with Gasteiger partial charge in [0.25, 0.3) is 5.91 Å². The van der Waals surface area contributed by atoms with Crippen LogP contribution in [0.3, 0.4) is 0 Å². The van der Waals surface area contributed by atoms with Crippen molar-refractivity contribution in [3.63, 3.8) is 0 Å². The summed E-state index contributed by atoms with van der Waals surface area (Å²) >= 11 is 11.8. The summed E-state index contributed by atoms with van der Waals surface area (Å²) in [4.78, 5) is 11.7. The number of carbonyl (C=O) groups excluding carboxylic acids is 1. The fraction of sp³-hybridized carbons (Fsp3) is 0.417. The van der Waals surface area contributed by atoms with Gasteiger partial charge in [0.1, 0.15) is 4.90 Å². The summed E-state index contributed by atoms with van der Waals surface area (Å²) in [5.74, 6) is -0.525. The Bertz CT molecular complexity index is 657. The SMILES string of the molecule is NS(=O)(=O)c1cc(Cl)cc(C(=O)NCC2CCCO2)c1Cl. The molecule has 0 spiro atoms. The Morgan fingerprint density at radius 3 is 2.71 bits per heavy atom. The van der Waals surface area contributed by atoms with Gasteiger partial charge in [-0.25, -0.2) is 13.6 Å². The molecule has 0 radical (unpaired) electrons. The van der Waals surface area contributed by atoms with Gasteiger partial charge in [-0.3, -0.25) is 4.79 Å². The summed E-state index contributed by atoms with van der Waals surface area (Å²) < 4.78 is 28.2. The van der Waals surface area contributed by atoms with Gasteiger partial charge in [0.2, 0.25) is 10.0 Å². The second-order valence-electron chi connectivity index (χ2n) is 4.66. The third-order valence-corrected chi connectivity index (χ3v) is 4.74. The van der Waals surface area contributed by atoms with Gasteiger partial charge in [-0.15, -0.1) is 0 Å². The number of nitrogens with one attached hydrogen (secondary N) is 1. The molecule has 1 atom stereocenters. The maximum atomic E-state index is 12.1. The van der Waals surface area contributed by atoms with Crippen molar-refractivity contribution in [2.75, 3.05) is 13.2 Å². The number of amides is 1. The van der Waals surface area contributed by atoms with Crippen molar-refractivity contribution in [2.45, 2.75) is 23.8 Å². The molecule has 1 amide bonds. The van der Waals surface area contributed by atoms with Gasteiger partial charge in [0.15, 0.2) is 0 Å². The molecule has 116 valence electrons. The van der Waals surface area contributed by atoms with Crippen molar-refractivity contribution in [1.29, 1.82) is 0 Å². The van der Waals surface area contributed by atoms with Gasteiger partial charge in [-0.1, -0.05) is 23.2 Å². The number of carbonyl (C=O) groups is 1. The first kappa shape index (κ1) is 16.5. The molecule has 0 saturated carbocycles. The second-order valence-corrected chi connectivity index (χ2v) is 7.00. The molecule has 2 rings (SSSR count). The van der Waals surface area contributed by atoms with Gasteiger partial charge in [0, 0.05) is 18.2 Å². The molecule has 1 aromatic rings. The number of rotatable bonds is 4. The predicted octanol–water partition coefficient (Wildman–Crippen LogP) is 1.55. The Kier molecular flexibility index (Phi) is 5.11. The number of ether oxygens (including phenoxy) is 1. The largest absolute Gasteiger partial charge is 0.376 e. The molecule has 9 heteroatoms. The molecular formula is C12H14Cl2N2O4S. The lowest BCUT2D eigenvalue weighted by Crippen LogP contribution is -2.32. The van der Waals surface area contributed by atoms with Crippen LogP contribution in [0.15, 0.2) is 17.0 Å². The first-order chi connectivity index (χ1) is 9.79. The van der Waals surface area contributed by atoms with E-state index in [2.05, 4.69) is 5.32 Å². The Labute approximate surface area is 132 Å². The van der Waals surface area contributed by atoms with Crippen LogP contribution in [0.25, 0.3) is 0 Å². The van der Waals surface area contributed by atoms with Gasteiger partial charge in [-0.05, 0) is 25.0 Å². The van der Waals surface area contributed by atoms with E-state index < -0.39 is 15.9 Å². The zero-order valence-corrected chi connectivity index (χ0v) is 13.3. The molecule has 3 N–H and O–H groups in total. The van der Waals surface area contributed by atoms with Crippen LogP contribution in [-0.2, 0) is 14.8 Å². The van der Waals surface area contributed by atoms with E-state index in [1.165, 1.54) is 6.07 Å². The van der Waals surface area contributed by atoms with Gasteiger partial charge < -0.3 is 10.1 Å². The first-order valence-electron chi connectivity index (χ1n) is 6.20. The van der Waals surface area contributed by atoms with Crippen molar-refractivity contribution < 1.29 is 17.9 Å². The molecule has 1 unspecified atom stereocenters. The Morgan fingerprint density at radius 1 is 1.43 bits per heavy atom. The zero-order chi connectivity index (χ0) is 15.6. The summed E-state index contributed by atoms with van der Waals surface area (Å²) in [5, 5.41) is 7.51. The van der Waals surface area contributed by atoms with E-state index in [1.807, 2.05) is 0 Å². The lowest BCUT2D eigenvalue weighted by molar-refractivity contribution is 0.0857. The summed E-state index contributed by atoms with van der Waals surface area (Å²) in [6.07, 6.45) is 1.78. The third-order valence-electron chi connectivity index (χ3n) is 3.07. The Hall–Kier alpha value is -0.860. The number of benzene rings is 1. The molecule has 1 aliphatic rings. The highest BCUT2D eigenvalue weighted by atomic mass is 35.5. The molecule has 1 aliphatic heterocycles. The number of primary sulfonamides is 1. The molecule has 1 aromatic carbocycles. The highest BCUT2D eigenvalue weighted by molar-refractivity contribution is 7.89. The van der Waals surface area contributed by atoms with Crippen LogP contribution >= 0.6 is 23.2 Å². The van der Waals surface area contributed by atoms with E-state index in [0.717, 1.165) is 18.9 Å². The van der Waals surface area contributed by atoms with Crippen molar-refractivity contribution in [3.05, 3.63) is 27.7 Å². The minimum Gasteiger partial charge on any atom is -0.376 e. The minimum atomic E-state index is -4.06. The normalized spacial score (nSPS) is 18.7. The molecule has 1 fully saturated rings. The van der Waals surface area contributed by atoms with E-state index in [4.69, 9.17) is 33.1 Å². The standard InChI is InChI=1S/C12H14Cl2N2O4S/c13-7-4-9(11(14)10(5-7)21(15,18)19)12(17)16-6-8-2-1-3-20-8/h4-5,8H,1-3,6H2,(H,16,17)(H2,15,18,19). The van der Waals surface area contributed by atoms with Gasteiger partial charge in [0.05, 0.1) is 16.7 Å². The van der Waals surface area contributed by atoms with Gasteiger partial charge >= 0.3 is 0 Å². The monoisotopic (exact) mass is 352 g/mol. The van der Waals surface area contributed by atoms with Crippen LogP contribution in [0.4, 0.5) is 0 Å². The van der Waals surface area contributed by atoms with Crippen molar-refractivity contribution in [3.8, 4) is 0 Å². The molecule has 0 bridgehead atoms. The summed E-state index contributed by atoms with van der Waals surface area (Å²) in [5.41, 5.74) is -0.0359. The van der Waals surface area contributed by atoms with Crippen LogP contribution in [0.5, 0.6) is 0 Å². The third kappa shape index (κ3) is 4.08. The molecular weight excluding hydrogens is 339 g/mol.